The third-order valence-corrected chi connectivity index (χ3v) is 2.96. The van der Waals surface area contributed by atoms with Gasteiger partial charge in [-0.15, -0.1) is 0 Å². The van der Waals surface area contributed by atoms with Crippen LogP contribution in [0.25, 0.3) is 0 Å². The van der Waals surface area contributed by atoms with Gasteiger partial charge in [0.15, 0.2) is 0 Å². The minimum absolute atomic E-state index is 0.371. The van der Waals surface area contributed by atoms with Crippen molar-refractivity contribution in [1.29, 1.82) is 0 Å². The van der Waals surface area contributed by atoms with Gasteiger partial charge in [0.1, 0.15) is 0 Å². The number of rotatable bonds is 5. The molecule has 0 aromatic carbocycles. The molecule has 0 bridgehead atoms. The van der Waals surface area contributed by atoms with Gasteiger partial charge >= 0.3 is 0 Å². The maximum Gasteiger partial charge on any atom is 0.0490 e. The molecular formula is C10H19N3S. The van der Waals surface area contributed by atoms with Gasteiger partial charge in [0.2, 0.25) is 0 Å². The van der Waals surface area contributed by atoms with Gasteiger partial charge in [-0.1, -0.05) is 20.8 Å². The average molecular weight is 213 g/mol. The van der Waals surface area contributed by atoms with E-state index in [-0.39, 0.29) is 0 Å². The lowest BCUT2D eigenvalue weighted by Gasteiger charge is -2.17. The summed E-state index contributed by atoms with van der Waals surface area (Å²) in [5, 5.41) is 10.2. The zero-order valence-corrected chi connectivity index (χ0v) is 9.95. The molecule has 2 N–H and O–H groups in total. The van der Waals surface area contributed by atoms with Crippen LogP contribution in [0.4, 0.5) is 0 Å². The van der Waals surface area contributed by atoms with Crippen molar-refractivity contribution in [3.8, 4) is 0 Å². The quantitative estimate of drug-likeness (QED) is 0.735. The Bertz CT molecular complexity index is 238. The van der Waals surface area contributed by atoms with E-state index in [2.05, 4.69) is 36.3 Å². The Morgan fingerprint density at radius 3 is 2.86 bits per heavy atom. The Morgan fingerprint density at radius 1 is 1.50 bits per heavy atom. The lowest BCUT2D eigenvalue weighted by atomic mass is 10.3. The Labute approximate surface area is 90.1 Å². The van der Waals surface area contributed by atoms with Crippen LogP contribution in [0.2, 0.25) is 0 Å². The van der Waals surface area contributed by atoms with Crippen molar-refractivity contribution in [3.63, 3.8) is 0 Å². The molecule has 14 heavy (non-hydrogen) atoms. The molecule has 1 aromatic heterocycles. The first kappa shape index (κ1) is 11.6. The minimum Gasteiger partial charge on any atom is -0.310 e. The fourth-order valence-corrected chi connectivity index (χ4v) is 1.89. The van der Waals surface area contributed by atoms with Crippen LogP contribution in [0.1, 0.15) is 26.5 Å². The maximum atomic E-state index is 3.89. The maximum absolute atomic E-state index is 3.89. The van der Waals surface area contributed by atoms with Crippen LogP contribution in [0, 0.1) is 0 Å². The standard InChI is InChI=1S/C10H19N3S/c1-10(2,3)14-7-6-11-8-9-4-5-12-13-9/h4-5,11H,6-8H2,1-3H3,(H,12,13). The molecule has 0 amide bonds. The first-order chi connectivity index (χ1) is 6.58. The Balaban J connectivity index is 2.00. The first-order valence-corrected chi connectivity index (χ1v) is 5.89. The Morgan fingerprint density at radius 2 is 2.29 bits per heavy atom. The molecule has 1 aromatic rings. The van der Waals surface area contributed by atoms with Crippen LogP contribution in [-0.4, -0.2) is 27.2 Å². The molecule has 1 heterocycles. The minimum atomic E-state index is 0.371. The van der Waals surface area contributed by atoms with E-state index >= 15 is 0 Å². The molecule has 0 aliphatic heterocycles. The highest BCUT2D eigenvalue weighted by Gasteiger charge is 2.08. The smallest absolute Gasteiger partial charge is 0.0490 e. The summed E-state index contributed by atoms with van der Waals surface area (Å²) in [5.74, 6) is 1.15. The van der Waals surface area contributed by atoms with Gasteiger partial charge in [0.25, 0.3) is 0 Å². The van der Waals surface area contributed by atoms with Crippen LogP contribution >= 0.6 is 11.8 Å². The number of nitrogens with one attached hydrogen (secondary N) is 2. The highest BCUT2D eigenvalue weighted by Crippen LogP contribution is 2.21. The van der Waals surface area contributed by atoms with Crippen LogP contribution in [0.5, 0.6) is 0 Å². The second-order valence-electron chi connectivity index (χ2n) is 4.22. The molecule has 0 saturated heterocycles. The van der Waals surface area contributed by atoms with Crippen molar-refractivity contribution in [2.75, 3.05) is 12.3 Å². The van der Waals surface area contributed by atoms with Crippen molar-refractivity contribution in [2.24, 2.45) is 0 Å². The van der Waals surface area contributed by atoms with Crippen molar-refractivity contribution in [2.45, 2.75) is 32.1 Å². The van der Waals surface area contributed by atoms with Gasteiger partial charge in [0.05, 0.1) is 0 Å². The predicted molar refractivity (Wildman–Crippen MR) is 62.5 cm³/mol. The summed E-state index contributed by atoms with van der Waals surface area (Å²) >= 11 is 1.98. The number of aromatic amines is 1. The molecule has 3 nitrogen and oxygen atoms in total. The van der Waals surface area contributed by atoms with Gasteiger partial charge in [-0.3, -0.25) is 5.10 Å². The molecule has 0 saturated carbocycles. The largest absolute Gasteiger partial charge is 0.310 e. The summed E-state index contributed by atoms with van der Waals surface area (Å²) in [6, 6.07) is 1.99. The molecule has 0 fully saturated rings. The van der Waals surface area contributed by atoms with Gasteiger partial charge in [-0.2, -0.15) is 16.9 Å². The highest BCUT2D eigenvalue weighted by molar-refractivity contribution is 8.00. The molecule has 0 aliphatic carbocycles. The van der Waals surface area contributed by atoms with Crippen molar-refractivity contribution in [3.05, 3.63) is 18.0 Å². The molecule has 80 valence electrons. The first-order valence-electron chi connectivity index (χ1n) is 4.91. The van der Waals surface area contributed by atoms with E-state index in [1.165, 1.54) is 0 Å². The molecule has 0 atom stereocenters. The number of aromatic nitrogens is 2. The second-order valence-corrected chi connectivity index (χ2v) is 6.14. The van der Waals surface area contributed by atoms with Gasteiger partial charge in [-0.25, -0.2) is 0 Å². The lowest BCUT2D eigenvalue weighted by molar-refractivity contribution is 0.708. The second kappa shape index (κ2) is 5.41. The summed E-state index contributed by atoms with van der Waals surface area (Å²) in [7, 11) is 0. The predicted octanol–water partition coefficient (Wildman–Crippen LogP) is 2.03. The number of thioether (sulfide) groups is 1. The van der Waals surface area contributed by atoms with E-state index < -0.39 is 0 Å². The molecule has 0 unspecified atom stereocenters. The van der Waals surface area contributed by atoms with Crippen molar-refractivity contribution >= 4 is 11.8 Å². The summed E-state index contributed by atoms with van der Waals surface area (Å²) in [6.07, 6.45) is 1.78. The molecule has 0 radical (unpaired) electrons. The molecule has 4 heteroatoms. The third kappa shape index (κ3) is 5.29. The molecular weight excluding hydrogens is 194 g/mol. The van der Waals surface area contributed by atoms with Crippen LogP contribution in [0.3, 0.4) is 0 Å². The zero-order chi connectivity index (χ0) is 10.4. The van der Waals surface area contributed by atoms with Gasteiger partial charge in [-0.05, 0) is 6.07 Å². The SMILES string of the molecule is CC(C)(C)SCCNCc1ccn[nH]1. The highest BCUT2D eigenvalue weighted by atomic mass is 32.2. The Kier molecular flexibility index (Phi) is 4.48. The number of hydrogen-bond donors (Lipinski definition) is 2. The summed E-state index contributed by atoms with van der Waals surface area (Å²) in [6.45, 7) is 8.65. The number of H-pyrrole nitrogens is 1. The van der Waals surface area contributed by atoms with Crippen molar-refractivity contribution in [1.82, 2.24) is 15.5 Å². The van der Waals surface area contributed by atoms with Gasteiger partial charge in [0, 0.05) is 35.5 Å². The fourth-order valence-electron chi connectivity index (χ4n) is 1.04. The van der Waals surface area contributed by atoms with Crippen molar-refractivity contribution < 1.29 is 0 Å². The lowest BCUT2D eigenvalue weighted by Crippen LogP contribution is -2.19. The van der Waals surface area contributed by atoms with Gasteiger partial charge < -0.3 is 5.32 Å². The molecule has 1 rings (SSSR count). The van der Waals surface area contributed by atoms with E-state index in [1.807, 2.05) is 17.8 Å². The van der Waals surface area contributed by atoms with E-state index in [9.17, 15) is 0 Å². The summed E-state index contributed by atoms with van der Waals surface area (Å²) in [4.78, 5) is 0. The average Bonchev–Trinajstić information content (AvgIpc) is 2.54. The fraction of sp³-hybridized carbons (Fsp3) is 0.700. The van der Waals surface area contributed by atoms with Crippen LogP contribution in [-0.2, 0) is 6.54 Å². The molecule has 0 spiro atoms. The van der Waals surface area contributed by atoms with E-state index in [1.54, 1.807) is 6.20 Å². The normalized spacial score (nSPS) is 11.9. The Hall–Kier alpha value is -0.480. The third-order valence-electron chi connectivity index (χ3n) is 1.69. The summed E-state index contributed by atoms with van der Waals surface area (Å²) < 4.78 is 0.371. The molecule has 0 aliphatic rings. The van der Waals surface area contributed by atoms with Crippen LogP contribution in [0.15, 0.2) is 12.3 Å². The van der Waals surface area contributed by atoms with E-state index in [4.69, 9.17) is 0 Å². The summed E-state index contributed by atoms with van der Waals surface area (Å²) in [5.41, 5.74) is 1.14. The topological polar surface area (TPSA) is 40.7 Å². The number of nitrogens with zero attached hydrogens (tertiary/aromatic N) is 1. The number of hydrogen-bond acceptors (Lipinski definition) is 3. The zero-order valence-electron chi connectivity index (χ0n) is 9.13. The van der Waals surface area contributed by atoms with E-state index in [0.717, 1.165) is 24.5 Å². The monoisotopic (exact) mass is 213 g/mol. The van der Waals surface area contributed by atoms with E-state index in [0.29, 0.717) is 4.75 Å². The van der Waals surface area contributed by atoms with Crippen LogP contribution < -0.4 is 5.32 Å².